The van der Waals surface area contributed by atoms with E-state index in [0.29, 0.717) is 10.8 Å². The zero-order valence-electron chi connectivity index (χ0n) is 12.4. The number of halogens is 2. The Labute approximate surface area is 141 Å². The molecule has 1 N–H and O–H groups in total. The highest BCUT2D eigenvalue weighted by Crippen LogP contribution is 2.21. The van der Waals surface area contributed by atoms with E-state index < -0.39 is 5.82 Å². The van der Waals surface area contributed by atoms with Gasteiger partial charge < -0.3 is 5.32 Å². The maximum Gasteiger partial charge on any atom is 0.234 e. The Morgan fingerprint density at radius 1 is 1.12 bits per heavy atom. The van der Waals surface area contributed by atoms with Crippen molar-refractivity contribution in [1.82, 2.24) is 9.55 Å². The van der Waals surface area contributed by atoms with Gasteiger partial charge in [-0.1, -0.05) is 17.8 Å². The molecular formula is C17H13F2N3OS. The topological polar surface area (TPSA) is 46.9 Å². The maximum absolute atomic E-state index is 13.1. The van der Waals surface area contributed by atoms with Crippen molar-refractivity contribution in [3.63, 3.8) is 0 Å². The van der Waals surface area contributed by atoms with Gasteiger partial charge in [0.2, 0.25) is 5.91 Å². The first kappa shape index (κ1) is 16.2. The van der Waals surface area contributed by atoms with Crippen LogP contribution in [0.3, 0.4) is 0 Å². The zero-order valence-corrected chi connectivity index (χ0v) is 13.3. The van der Waals surface area contributed by atoms with Crippen LogP contribution in [0.25, 0.3) is 5.69 Å². The lowest BCUT2D eigenvalue weighted by Gasteiger charge is -2.08. The first-order chi connectivity index (χ1) is 11.6. The largest absolute Gasteiger partial charge is 0.325 e. The molecule has 0 saturated carbocycles. The number of aromatic nitrogens is 2. The van der Waals surface area contributed by atoms with Gasteiger partial charge in [0.05, 0.1) is 5.75 Å². The van der Waals surface area contributed by atoms with Crippen LogP contribution in [0.15, 0.2) is 66.1 Å². The van der Waals surface area contributed by atoms with E-state index in [1.165, 1.54) is 42.1 Å². The standard InChI is InChI=1S/C17H13F2N3OS/c18-12-4-6-15(7-5-12)22-9-8-20-17(22)24-11-16(23)21-14-3-1-2-13(19)10-14/h1-10H,11H2,(H,21,23). The maximum atomic E-state index is 13.1. The number of anilines is 1. The summed E-state index contributed by atoms with van der Waals surface area (Å²) in [6.07, 6.45) is 3.34. The van der Waals surface area contributed by atoms with Gasteiger partial charge in [0.1, 0.15) is 11.6 Å². The van der Waals surface area contributed by atoms with Crippen LogP contribution in [0.4, 0.5) is 14.5 Å². The summed E-state index contributed by atoms with van der Waals surface area (Å²) in [5.41, 5.74) is 1.16. The third-order valence-electron chi connectivity index (χ3n) is 3.15. The monoisotopic (exact) mass is 345 g/mol. The van der Waals surface area contributed by atoms with Gasteiger partial charge >= 0.3 is 0 Å². The summed E-state index contributed by atoms with van der Waals surface area (Å²) < 4.78 is 27.9. The van der Waals surface area contributed by atoms with Crippen LogP contribution in [-0.2, 0) is 4.79 Å². The van der Waals surface area contributed by atoms with E-state index in [0.717, 1.165) is 5.69 Å². The number of nitrogens with zero attached hydrogens (tertiary/aromatic N) is 2. The van der Waals surface area contributed by atoms with Crippen molar-refractivity contribution in [2.75, 3.05) is 11.1 Å². The first-order valence-electron chi connectivity index (χ1n) is 7.09. The molecule has 1 heterocycles. The molecule has 0 fully saturated rings. The molecule has 122 valence electrons. The smallest absolute Gasteiger partial charge is 0.234 e. The summed E-state index contributed by atoms with van der Waals surface area (Å²) >= 11 is 1.24. The molecule has 0 bridgehead atoms. The van der Waals surface area contributed by atoms with Crippen molar-refractivity contribution in [2.24, 2.45) is 0 Å². The molecule has 2 aromatic carbocycles. The lowest BCUT2D eigenvalue weighted by molar-refractivity contribution is -0.113. The molecule has 0 radical (unpaired) electrons. The molecule has 0 aliphatic carbocycles. The number of hydrogen-bond donors (Lipinski definition) is 1. The SMILES string of the molecule is O=C(CSc1nccn1-c1ccc(F)cc1)Nc1cccc(F)c1. The van der Waals surface area contributed by atoms with E-state index in [1.807, 2.05) is 0 Å². The van der Waals surface area contributed by atoms with Crippen molar-refractivity contribution in [3.05, 3.63) is 72.6 Å². The number of benzene rings is 2. The normalized spacial score (nSPS) is 10.6. The van der Waals surface area contributed by atoms with Gasteiger partial charge in [0.25, 0.3) is 0 Å². The second-order valence-corrected chi connectivity index (χ2v) is 5.85. The fourth-order valence-electron chi connectivity index (χ4n) is 2.09. The van der Waals surface area contributed by atoms with Crippen molar-refractivity contribution in [2.45, 2.75) is 5.16 Å². The minimum Gasteiger partial charge on any atom is -0.325 e. The molecule has 24 heavy (non-hydrogen) atoms. The first-order valence-corrected chi connectivity index (χ1v) is 8.08. The summed E-state index contributed by atoms with van der Waals surface area (Å²) in [4.78, 5) is 16.2. The molecule has 4 nitrogen and oxygen atoms in total. The molecule has 0 unspecified atom stereocenters. The summed E-state index contributed by atoms with van der Waals surface area (Å²) in [6.45, 7) is 0. The van der Waals surface area contributed by atoms with Crippen LogP contribution in [0, 0.1) is 11.6 Å². The molecule has 1 aromatic heterocycles. The van der Waals surface area contributed by atoms with Gasteiger partial charge in [-0.05, 0) is 42.5 Å². The van der Waals surface area contributed by atoms with Crippen molar-refractivity contribution in [1.29, 1.82) is 0 Å². The molecule has 7 heteroatoms. The highest BCUT2D eigenvalue weighted by atomic mass is 32.2. The van der Waals surface area contributed by atoms with Crippen molar-refractivity contribution >= 4 is 23.4 Å². The molecule has 3 rings (SSSR count). The summed E-state index contributed by atoms with van der Waals surface area (Å²) in [7, 11) is 0. The van der Waals surface area contributed by atoms with E-state index in [-0.39, 0.29) is 17.5 Å². The predicted molar refractivity (Wildman–Crippen MR) is 89.3 cm³/mol. The number of carbonyl (C=O) groups excluding carboxylic acids is 1. The summed E-state index contributed by atoms with van der Waals surface area (Å²) in [5.74, 6) is -0.872. The number of thioether (sulfide) groups is 1. The number of carbonyl (C=O) groups is 1. The van der Waals surface area contributed by atoms with Crippen LogP contribution in [-0.4, -0.2) is 21.2 Å². The van der Waals surface area contributed by atoms with Crippen LogP contribution >= 0.6 is 11.8 Å². The third-order valence-corrected chi connectivity index (χ3v) is 4.12. The van der Waals surface area contributed by atoms with E-state index in [4.69, 9.17) is 0 Å². The van der Waals surface area contributed by atoms with E-state index >= 15 is 0 Å². The van der Waals surface area contributed by atoms with Gasteiger partial charge in [-0.15, -0.1) is 0 Å². The molecule has 0 saturated heterocycles. The number of hydrogen-bond acceptors (Lipinski definition) is 3. The van der Waals surface area contributed by atoms with Crippen LogP contribution in [0.1, 0.15) is 0 Å². The van der Waals surface area contributed by atoms with Gasteiger partial charge in [0, 0.05) is 23.8 Å². The molecule has 1 amide bonds. The predicted octanol–water partition coefficient (Wildman–Crippen LogP) is 3.88. The fraction of sp³-hybridized carbons (Fsp3) is 0.0588. The van der Waals surface area contributed by atoms with Crippen LogP contribution in [0.2, 0.25) is 0 Å². The zero-order chi connectivity index (χ0) is 16.9. The van der Waals surface area contributed by atoms with Crippen LogP contribution in [0.5, 0.6) is 0 Å². The van der Waals surface area contributed by atoms with Crippen LogP contribution < -0.4 is 5.32 Å². The van der Waals surface area contributed by atoms with Gasteiger partial charge in [-0.25, -0.2) is 13.8 Å². The minimum atomic E-state index is -0.410. The van der Waals surface area contributed by atoms with Gasteiger partial charge in [-0.2, -0.15) is 0 Å². The Kier molecular flexibility index (Phi) is 4.90. The quantitative estimate of drug-likeness (QED) is 0.714. The number of nitrogens with one attached hydrogen (secondary N) is 1. The summed E-state index contributed by atoms with van der Waals surface area (Å²) in [5, 5.41) is 3.23. The number of imidazole rings is 1. The van der Waals surface area contributed by atoms with E-state index in [1.54, 1.807) is 35.2 Å². The van der Waals surface area contributed by atoms with Gasteiger partial charge in [0.15, 0.2) is 5.16 Å². The molecular weight excluding hydrogens is 332 g/mol. The molecule has 3 aromatic rings. The summed E-state index contributed by atoms with van der Waals surface area (Å²) in [6, 6.07) is 11.7. The molecule has 0 aliphatic heterocycles. The fourth-order valence-corrected chi connectivity index (χ4v) is 2.86. The lowest BCUT2D eigenvalue weighted by Crippen LogP contribution is -2.14. The van der Waals surface area contributed by atoms with Crippen molar-refractivity contribution in [3.8, 4) is 5.69 Å². The average Bonchev–Trinajstić information content (AvgIpc) is 3.02. The highest BCUT2D eigenvalue weighted by molar-refractivity contribution is 7.99. The number of amides is 1. The second-order valence-electron chi connectivity index (χ2n) is 4.90. The Bertz CT molecular complexity index is 849. The molecule has 0 spiro atoms. The molecule has 0 atom stereocenters. The highest BCUT2D eigenvalue weighted by Gasteiger charge is 2.10. The molecule has 0 aliphatic rings. The Balaban J connectivity index is 1.64. The van der Waals surface area contributed by atoms with E-state index in [9.17, 15) is 13.6 Å². The average molecular weight is 345 g/mol. The minimum absolute atomic E-state index is 0.120. The number of rotatable bonds is 5. The van der Waals surface area contributed by atoms with E-state index in [2.05, 4.69) is 10.3 Å². The Hall–Kier alpha value is -2.67. The van der Waals surface area contributed by atoms with Crippen molar-refractivity contribution < 1.29 is 13.6 Å². The Morgan fingerprint density at radius 2 is 1.92 bits per heavy atom. The Morgan fingerprint density at radius 3 is 2.67 bits per heavy atom. The third kappa shape index (κ3) is 3.99. The van der Waals surface area contributed by atoms with Gasteiger partial charge in [-0.3, -0.25) is 9.36 Å². The second kappa shape index (κ2) is 7.27. The lowest BCUT2D eigenvalue weighted by atomic mass is 10.3.